The highest BCUT2D eigenvalue weighted by molar-refractivity contribution is 7.11. The van der Waals surface area contributed by atoms with Crippen LogP contribution in [0.15, 0.2) is 182 Å². The van der Waals surface area contributed by atoms with Gasteiger partial charge in [-0.1, -0.05) is 182 Å². The van der Waals surface area contributed by atoms with Crippen molar-refractivity contribution in [2.75, 3.05) is 0 Å². The summed E-state index contributed by atoms with van der Waals surface area (Å²) in [6, 6.07) is 64.3. The lowest BCUT2D eigenvalue weighted by atomic mass is 10.3. The molecule has 0 aliphatic heterocycles. The van der Waals surface area contributed by atoms with Crippen molar-refractivity contribution in [3.8, 4) is 0 Å². The fraction of sp³-hybridized carbons (Fsp3) is 0. The first-order valence-corrected chi connectivity index (χ1v) is 18.6. The summed E-state index contributed by atoms with van der Waals surface area (Å²) in [6.45, 7) is 0. The second kappa shape index (κ2) is 12.8. The molecule has 0 saturated carbocycles. The van der Waals surface area contributed by atoms with Crippen molar-refractivity contribution in [1.82, 2.24) is 0 Å². The van der Waals surface area contributed by atoms with Crippen LogP contribution in [0.2, 0.25) is 0 Å². The maximum atomic E-state index is 7.34. The molecule has 0 amide bonds. The number of hydrogen-bond acceptors (Lipinski definition) is 2. The first-order chi connectivity index (χ1) is 20.3. The normalized spacial score (nSPS) is 11.6. The van der Waals surface area contributed by atoms with E-state index in [2.05, 4.69) is 182 Å². The maximum Gasteiger partial charge on any atom is 0.646 e. The van der Waals surface area contributed by atoms with Crippen molar-refractivity contribution in [3.63, 3.8) is 0 Å². The van der Waals surface area contributed by atoms with Gasteiger partial charge >= 0.3 is 15.9 Å². The van der Waals surface area contributed by atoms with Crippen molar-refractivity contribution in [3.05, 3.63) is 182 Å². The molecule has 0 heterocycles. The van der Waals surface area contributed by atoms with Gasteiger partial charge in [-0.15, -0.1) is 0 Å². The highest BCUT2D eigenvalue weighted by atomic mass is 28.4. The Morgan fingerprint density at radius 1 is 0.268 bits per heavy atom. The summed E-state index contributed by atoms with van der Waals surface area (Å²) in [5, 5.41) is 7.25. The van der Waals surface area contributed by atoms with Crippen LogP contribution in [-0.4, -0.2) is 32.5 Å². The third-order valence-corrected chi connectivity index (χ3v) is 18.0. The zero-order valence-corrected chi connectivity index (χ0v) is 25.9. The van der Waals surface area contributed by atoms with E-state index < -0.39 is 32.5 Å². The van der Waals surface area contributed by atoms with Gasteiger partial charge in [0.1, 0.15) is 0 Å². The minimum absolute atomic E-state index is 0.862. The number of benzene rings is 6. The van der Waals surface area contributed by atoms with Gasteiger partial charge in [0.15, 0.2) is 0 Å². The molecule has 0 bridgehead atoms. The molecule has 0 aliphatic rings. The van der Waals surface area contributed by atoms with Crippen molar-refractivity contribution in [1.29, 1.82) is 0 Å². The molecule has 0 aromatic heterocycles. The van der Waals surface area contributed by atoms with Gasteiger partial charge in [0.05, 0.1) is 0 Å². The highest BCUT2D eigenvalue weighted by Gasteiger charge is 2.45. The molecule has 0 fully saturated rings. The van der Waals surface area contributed by atoms with Crippen LogP contribution in [0.25, 0.3) is 0 Å². The molecule has 2 nitrogen and oxygen atoms in total. The van der Waals surface area contributed by atoms with Gasteiger partial charge in [0, 0.05) is 0 Å². The van der Waals surface area contributed by atoms with Crippen LogP contribution in [0.1, 0.15) is 0 Å². The first kappa shape index (κ1) is 27.4. The summed E-state index contributed by atoms with van der Waals surface area (Å²) >= 11 is -0.862. The van der Waals surface area contributed by atoms with Crippen LogP contribution in [0.3, 0.4) is 0 Å². The van der Waals surface area contributed by atoms with E-state index in [1.807, 2.05) is 0 Å². The SMILES string of the molecule is c1ccc([Si]([O][Al][O][Si](c2ccccc2)(c2ccccc2)c2ccccc2)(c2ccccc2)c2ccccc2)cc1. The first-order valence-electron chi connectivity index (χ1n) is 13.8. The fourth-order valence-electron chi connectivity index (χ4n) is 5.61. The van der Waals surface area contributed by atoms with E-state index in [-0.39, 0.29) is 0 Å². The summed E-state index contributed by atoms with van der Waals surface area (Å²) in [5.41, 5.74) is 0. The van der Waals surface area contributed by atoms with E-state index in [1.165, 1.54) is 31.1 Å². The van der Waals surface area contributed by atoms with Crippen LogP contribution in [-0.2, 0) is 6.96 Å². The predicted octanol–water partition coefficient (Wildman–Crippen LogP) is 3.89. The van der Waals surface area contributed by atoms with E-state index >= 15 is 0 Å². The molecule has 0 aliphatic carbocycles. The zero-order chi connectivity index (χ0) is 27.8. The van der Waals surface area contributed by atoms with Gasteiger partial charge in [-0.25, -0.2) is 0 Å². The Bertz CT molecular complexity index is 1320. The Hall–Kier alpha value is -3.79. The molecule has 5 heteroatoms. The van der Waals surface area contributed by atoms with Crippen LogP contribution in [0.4, 0.5) is 0 Å². The van der Waals surface area contributed by atoms with Crippen molar-refractivity contribution in [2.45, 2.75) is 0 Å². The largest absolute Gasteiger partial charge is 0.646 e. The van der Waals surface area contributed by atoms with Crippen LogP contribution >= 0.6 is 0 Å². The molecular formula is C36H30AlO2Si2. The van der Waals surface area contributed by atoms with Gasteiger partial charge in [0.2, 0.25) is 0 Å². The monoisotopic (exact) mass is 577 g/mol. The second-order valence-electron chi connectivity index (χ2n) is 9.89. The summed E-state index contributed by atoms with van der Waals surface area (Å²) < 4.78 is 14.7. The highest BCUT2D eigenvalue weighted by Crippen LogP contribution is 2.13. The minimum atomic E-state index is -2.89. The maximum absolute atomic E-state index is 7.34. The summed E-state index contributed by atoms with van der Waals surface area (Å²) in [6.07, 6.45) is 0. The van der Waals surface area contributed by atoms with Crippen molar-refractivity contribution in [2.24, 2.45) is 0 Å². The lowest BCUT2D eigenvalue weighted by Crippen LogP contribution is -2.73. The van der Waals surface area contributed by atoms with Gasteiger partial charge in [-0.05, 0) is 31.1 Å². The number of rotatable bonds is 10. The standard InChI is InChI=1S/2C18H15OSi.Al/c2*19-20(16-10-4-1-5-11-16,17-12-6-2-7-13-17)18-14-8-3-9-15-18;/h2*1-15H;/q2*-1;+2. The zero-order valence-electron chi connectivity index (χ0n) is 22.7. The average Bonchev–Trinajstić information content (AvgIpc) is 3.08. The smallest absolute Gasteiger partial charge is 0.519 e. The van der Waals surface area contributed by atoms with Gasteiger partial charge in [0.25, 0.3) is 16.6 Å². The lowest BCUT2D eigenvalue weighted by Gasteiger charge is -2.38. The molecule has 197 valence electrons. The molecule has 6 aromatic rings. The van der Waals surface area contributed by atoms with E-state index in [1.54, 1.807) is 0 Å². The summed E-state index contributed by atoms with van der Waals surface area (Å²) in [7, 11) is -5.78. The Morgan fingerprint density at radius 2 is 0.439 bits per heavy atom. The molecule has 0 saturated heterocycles. The Balaban J connectivity index is 1.50. The van der Waals surface area contributed by atoms with E-state index in [4.69, 9.17) is 6.96 Å². The Morgan fingerprint density at radius 3 is 0.610 bits per heavy atom. The predicted molar refractivity (Wildman–Crippen MR) is 176 cm³/mol. The Labute approximate surface area is 251 Å². The van der Waals surface area contributed by atoms with Crippen LogP contribution in [0, 0.1) is 0 Å². The fourth-order valence-corrected chi connectivity index (χ4v) is 16.6. The molecule has 0 atom stereocenters. The lowest BCUT2D eigenvalue weighted by molar-refractivity contribution is 0.475. The van der Waals surface area contributed by atoms with Crippen molar-refractivity contribution < 1.29 is 6.96 Å². The molecule has 41 heavy (non-hydrogen) atoms. The van der Waals surface area contributed by atoms with Gasteiger partial charge < -0.3 is 6.96 Å². The van der Waals surface area contributed by atoms with Crippen molar-refractivity contribution >= 4 is 63.6 Å². The molecule has 6 rings (SSSR count). The molecule has 0 N–H and O–H groups in total. The topological polar surface area (TPSA) is 18.5 Å². The Kier molecular flexibility index (Phi) is 8.55. The van der Waals surface area contributed by atoms with Gasteiger partial charge in [-0.3, -0.25) is 0 Å². The van der Waals surface area contributed by atoms with E-state index in [0.29, 0.717) is 0 Å². The molecule has 0 unspecified atom stereocenters. The third-order valence-electron chi connectivity index (χ3n) is 7.53. The van der Waals surface area contributed by atoms with Gasteiger partial charge in [-0.2, -0.15) is 0 Å². The second-order valence-corrected chi connectivity index (χ2v) is 18.2. The molecular weight excluding hydrogens is 548 g/mol. The number of hydrogen-bond donors (Lipinski definition) is 0. The van der Waals surface area contributed by atoms with Crippen LogP contribution < -0.4 is 31.1 Å². The molecule has 1 radical (unpaired) electrons. The summed E-state index contributed by atoms with van der Waals surface area (Å²) in [4.78, 5) is 0. The molecule has 0 spiro atoms. The van der Waals surface area contributed by atoms with Crippen LogP contribution in [0.5, 0.6) is 0 Å². The quantitative estimate of drug-likeness (QED) is 0.182. The minimum Gasteiger partial charge on any atom is -0.519 e. The molecule has 6 aromatic carbocycles. The summed E-state index contributed by atoms with van der Waals surface area (Å²) in [5.74, 6) is 0. The van der Waals surface area contributed by atoms with E-state index in [9.17, 15) is 0 Å². The average molecular weight is 578 g/mol. The third kappa shape index (κ3) is 5.44. The van der Waals surface area contributed by atoms with E-state index in [0.717, 1.165) is 0 Å².